The number of Topliss-reactive ketones (excluding diaryl/α,β-unsaturated/α-hetero) is 1. The lowest BCUT2D eigenvalue weighted by atomic mass is 9.91. The summed E-state index contributed by atoms with van der Waals surface area (Å²) in [6.07, 6.45) is -1.79. The smallest absolute Gasteiger partial charge is 0.319 e. The standard InChI is InChI=1S/C15H16N2O5/c1-8(18)21-14-12(11-7-10(19)13(14)22-11)17-15(20)16-9-5-3-2-4-6-9/h2-6,11-14H,7H2,1H3,(H2,16,17,20)/t11-,12-,13+,14+/m0/s1. The number of ketones is 1. The molecule has 1 aromatic carbocycles. The Labute approximate surface area is 127 Å². The maximum Gasteiger partial charge on any atom is 0.319 e. The molecule has 0 aliphatic carbocycles. The van der Waals surface area contributed by atoms with Gasteiger partial charge in [0.25, 0.3) is 0 Å². The van der Waals surface area contributed by atoms with Gasteiger partial charge in [-0.3, -0.25) is 9.59 Å². The van der Waals surface area contributed by atoms with Crippen molar-refractivity contribution in [1.82, 2.24) is 5.32 Å². The van der Waals surface area contributed by atoms with Gasteiger partial charge < -0.3 is 20.1 Å². The average Bonchev–Trinajstić information content (AvgIpc) is 2.98. The van der Waals surface area contributed by atoms with Crippen LogP contribution in [0.4, 0.5) is 10.5 Å². The van der Waals surface area contributed by atoms with Gasteiger partial charge in [0.2, 0.25) is 0 Å². The Morgan fingerprint density at radius 3 is 2.68 bits per heavy atom. The Kier molecular flexibility index (Phi) is 3.81. The Hall–Kier alpha value is -2.41. The number of hydrogen-bond donors (Lipinski definition) is 2. The topological polar surface area (TPSA) is 93.7 Å². The van der Waals surface area contributed by atoms with Crippen molar-refractivity contribution in [1.29, 1.82) is 0 Å². The van der Waals surface area contributed by atoms with Crippen LogP contribution in [0, 0.1) is 0 Å². The molecule has 22 heavy (non-hydrogen) atoms. The summed E-state index contributed by atoms with van der Waals surface area (Å²) in [5.41, 5.74) is 0.643. The number of para-hydroxylation sites is 1. The van der Waals surface area contributed by atoms with Gasteiger partial charge >= 0.3 is 12.0 Å². The molecule has 0 radical (unpaired) electrons. The number of benzene rings is 1. The summed E-state index contributed by atoms with van der Waals surface area (Å²) in [4.78, 5) is 34.9. The van der Waals surface area contributed by atoms with Crippen LogP contribution in [0.3, 0.4) is 0 Å². The number of carbonyl (C=O) groups is 3. The zero-order valence-electron chi connectivity index (χ0n) is 11.9. The minimum Gasteiger partial charge on any atom is -0.457 e. The van der Waals surface area contributed by atoms with Crippen LogP contribution in [0.2, 0.25) is 0 Å². The molecule has 2 N–H and O–H groups in total. The van der Waals surface area contributed by atoms with Crippen LogP contribution in [-0.4, -0.2) is 42.1 Å². The fourth-order valence-electron chi connectivity index (χ4n) is 2.84. The minimum absolute atomic E-state index is 0.0993. The van der Waals surface area contributed by atoms with E-state index in [9.17, 15) is 14.4 Å². The van der Waals surface area contributed by atoms with E-state index in [1.54, 1.807) is 24.3 Å². The van der Waals surface area contributed by atoms with Gasteiger partial charge in [0.05, 0.1) is 12.1 Å². The molecule has 7 nitrogen and oxygen atoms in total. The first kappa shape index (κ1) is 14.5. The van der Waals surface area contributed by atoms with E-state index in [0.717, 1.165) is 0 Å². The molecule has 2 bridgehead atoms. The number of hydrogen-bond acceptors (Lipinski definition) is 5. The van der Waals surface area contributed by atoms with Gasteiger partial charge in [-0.15, -0.1) is 0 Å². The fraction of sp³-hybridized carbons (Fsp3) is 0.400. The van der Waals surface area contributed by atoms with Crippen molar-refractivity contribution in [2.24, 2.45) is 0 Å². The molecule has 0 saturated carbocycles. The van der Waals surface area contributed by atoms with Crippen molar-refractivity contribution in [2.75, 3.05) is 5.32 Å². The van der Waals surface area contributed by atoms with E-state index in [1.807, 2.05) is 6.07 Å². The lowest BCUT2D eigenvalue weighted by molar-refractivity contribution is -0.151. The summed E-state index contributed by atoms with van der Waals surface area (Å²) in [5, 5.41) is 5.41. The van der Waals surface area contributed by atoms with E-state index < -0.39 is 36.4 Å². The molecule has 0 aromatic heterocycles. The molecule has 7 heteroatoms. The second-order valence-electron chi connectivity index (χ2n) is 5.33. The largest absolute Gasteiger partial charge is 0.457 e. The number of rotatable bonds is 3. The summed E-state index contributed by atoms with van der Waals surface area (Å²) in [5.74, 6) is -0.609. The predicted molar refractivity (Wildman–Crippen MR) is 76.2 cm³/mol. The van der Waals surface area contributed by atoms with E-state index in [1.165, 1.54) is 6.92 Å². The first-order valence-corrected chi connectivity index (χ1v) is 7.02. The van der Waals surface area contributed by atoms with Crippen molar-refractivity contribution >= 4 is 23.5 Å². The number of nitrogens with one attached hydrogen (secondary N) is 2. The van der Waals surface area contributed by atoms with Crippen molar-refractivity contribution in [3.8, 4) is 0 Å². The lowest BCUT2D eigenvalue weighted by Crippen LogP contribution is -2.54. The van der Waals surface area contributed by atoms with Gasteiger partial charge in [0.15, 0.2) is 18.0 Å². The number of anilines is 1. The number of carbonyl (C=O) groups excluding carboxylic acids is 3. The highest BCUT2D eigenvalue weighted by Gasteiger charge is 2.56. The number of ether oxygens (including phenoxy) is 2. The Morgan fingerprint density at radius 1 is 1.27 bits per heavy atom. The monoisotopic (exact) mass is 304 g/mol. The highest BCUT2D eigenvalue weighted by atomic mass is 16.6. The van der Waals surface area contributed by atoms with Gasteiger partial charge in [-0.05, 0) is 12.1 Å². The molecule has 0 spiro atoms. The second-order valence-corrected chi connectivity index (χ2v) is 5.33. The van der Waals surface area contributed by atoms with E-state index in [0.29, 0.717) is 5.69 Å². The third-order valence-electron chi connectivity index (χ3n) is 3.73. The van der Waals surface area contributed by atoms with Crippen LogP contribution in [-0.2, 0) is 19.1 Å². The maximum atomic E-state index is 12.1. The molecule has 2 heterocycles. The Balaban J connectivity index is 1.66. The van der Waals surface area contributed by atoms with E-state index in [4.69, 9.17) is 9.47 Å². The number of amides is 2. The highest BCUT2D eigenvalue weighted by Crippen LogP contribution is 2.34. The minimum atomic E-state index is -0.782. The summed E-state index contributed by atoms with van der Waals surface area (Å²) < 4.78 is 10.6. The van der Waals surface area contributed by atoms with Crippen molar-refractivity contribution < 1.29 is 23.9 Å². The van der Waals surface area contributed by atoms with Gasteiger partial charge in [-0.25, -0.2) is 4.79 Å². The van der Waals surface area contributed by atoms with Crippen LogP contribution < -0.4 is 10.6 Å². The SMILES string of the molecule is CC(=O)O[C@@H]1[C@@H](NC(=O)Nc2ccccc2)[C@@H]2CC(=O)[C@H]1O2. The van der Waals surface area contributed by atoms with Crippen molar-refractivity contribution in [3.63, 3.8) is 0 Å². The van der Waals surface area contributed by atoms with Crippen molar-refractivity contribution in [3.05, 3.63) is 30.3 Å². The first-order valence-electron chi connectivity index (χ1n) is 7.02. The zero-order chi connectivity index (χ0) is 15.7. The number of esters is 1. The van der Waals surface area contributed by atoms with Crippen LogP contribution in [0.1, 0.15) is 13.3 Å². The van der Waals surface area contributed by atoms with Crippen LogP contribution in [0.25, 0.3) is 0 Å². The Morgan fingerprint density at radius 2 is 2.00 bits per heavy atom. The van der Waals surface area contributed by atoms with Gasteiger partial charge in [-0.1, -0.05) is 18.2 Å². The van der Waals surface area contributed by atoms with Gasteiger partial charge in [0, 0.05) is 19.0 Å². The molecular formula is C15H16N2O5. The first-order chi connectivity index (χ1) is 10.5. The van der Waals surface area contributed by atoms with Gasteiger partial charge in [-0.2, -0.15) is 0 Å². The molecule has 3 rings (SSSR count). The molecule has 2 aliphatic rings. The fourth-order valence-corrected chi connectivity index (χ4v) is 2.84. The summed E-state index contributed by atoms with van der Waals surface area (Å²) in [6, 6.07) is 7.99. The third-order valence-corrected chi connectivity index (χ3v) is 3.73. The summed E-state index contributed by atoms with van der Waals surface area (Å²) >= 11 is 0. The van der Waals surface area contributed by atoms with Gasteiger partial charge in [0.1, 0.15) is 0 Å². The molecule has 2 amide bonds. The van der Waals surface area contributed by atoms with Crippen LogP contribution in [0.15, 0.2) is 30.3 Å². The van der Waals surface area contributed by atoms with Crippen LogP contribution >= 0.6 is 0 Å². The molecule has 1 aromatic rings. The Bertz CT molecular complexity index is 603. The molecule has 0 unspecified atom stereocenters. The highest BCUT2D eigenvalue weighted by molar-refractivity contribution is 5.91. The summed E-state index contributed by atoms with van der Waals surface area (Å²) in [6.45, 7) is 1.26. The normalized spacial score (nSPS) is 29.2. The molecule has 2 saturated heterocycles. The quantitative estimate of drug-likeness (QED) is 0.807. The third kappa shape index (κ3) is 2.80. The molecule has 116 valence electrons. The van der Waals surface area contributed by atoms with E-state index in [-0.39, 0.29) is 12.2 Å². The molecule has 2 aliphatic heterocycles. The molecular weight excluding hydrogens is 288 g/mol. The lowest BCUT2D eigenvalue weighted by Gasteiger charge is -2.27. The maximum absolute atomic E-state index is 12.1. The predicted octanol–water partition coefficient (Wildman–Crippen LogP) is 0.849. The average molecular weight is 304 g/mol. The summed E-state index contributed by atoms with van der Waals surface area (Å²) in [7, 11) is 0. The van der Waals surface area contributed by atoms with E-state index >= 15 is 0 Å². The van der Waals surface area contributed by atoms with E-state index in [2.05, 4.69) is 10.6 Å². The molecule has 2 fully saturated rings. The van der Waals surface area contributed by atoms with Crippen LogP contribution in [0.5, 0.6) is 0 Å². The molecule has 4 atom stereocenters. The van der Waals surface area contributed by atoms with Crippen molar-refractivity contribution in [2.45, 2.75) is 37.7 Å². The second kappa shape index (κ2) is 5.76. The number of fused-ring (bicyclic) bond motifs is 2. The zero-order valence-corrected chi connectivity index (χ0v) is 11.9. The number of urea groups is 1.